The summed E-state index contributed by atoms with van der Waals surface area (Å²) in [5.41, 5.74) is 6.85. The van der Waals surface area contributed by atoms with E-state index >= 15 is 0 Å². The number of ether oxygens (including phenoxy) is 1. The number of rotatable bonds is 6. The molecular formula is C11H18N4O. The van der Waals surface area contributed by atoms with Gasteiger partial charge in [0.2, 0.25) is 0 Å². The smallest absolute Gasteiger partial charge is 0.141 e. The first kappa shape index (κ1) is 12.4. The molecule has 3 N–H and O–H groups in total. The number of nitrogens with zero attached hydrogens (tertiary/aromatic N) is 2. The summed E-state index contributed by atoms with van der Waals surface area (Å²) in [5.74, 6) is -0.00594. The fourth-order valence-electron chi connectivity index (χ4n) is 1.35. The molecule has 0 amide bonds. The Morgan fingerprint density at radius 3 is 2.81 bits per heavy atom. The molecule has 0 aliphatic heterocycles. The zero-order valence-electron chi connectivity index (χ0n) is 9.73. The number of nitrogens with two attached hydrogens (primary N) is 1. The molecule has 1 heterocycles. The molecule has 0 aliphatic rings. The normalized spacial score (nSPS) is 10.1. The molecule has 5 nitrogen and oxygen atoms in total. The molecule has 88 valence electrons. The van der Waals surface area contributed by atoms with Gasteiger partial charge in [0, 0.05) is 27.3 Å². The van der Waals surface area contributed by atoms with Gasteiger partial charge in [-0.15, -0.1) is 0 Å². The van der Waals surface area contributed by atoms with Crippen molar-refractivity contribution in [2.75, 3.05) is 32.2 Å². The van der Waals surface area contributed by atoms with Gasteiger partial charge < -0.3 is 15.4 Å². The van der Waals surface area contributed by atoms with Crippen LogP contribution in [0.4, 0.5) is 5.69 Å². The van der Waals surface area contributed by atoms with E-state index in [1.165, 1.54) is 0 Å². The standard InChI is InChI=1S/C11H18N4O/c1-15(6-3-7-16-2)9-4-5-10(11(12)13)14-8-9/h4-5,8H,3,6-7H2,1-2H3,(H3,12,13). The second-order valence-electron chi connectivity index (χ2n) is 3.58. The maximum atomic E-state index is 7.23. The zero-order chi connectivity index (χ0) is 12.0. The van der Waals surface area contributed by atoms with Crippen molar-refractivity contribution >= 4 is 11.5 Å². The van der Waals surface area contributed by atoms with E-state index < -0.39 is 0 Å². The van der Waals surface area contributed by atoms with Crippen molar-refractivity contribution in [2.24, 2.45) is 5.73 Å². The van der Waals surface area contributed by atoms with E-state index in [0.29, 0.717) is 5.69 Å². The van der Waals surface area contributed by atoms with Crippen molar-refractivity contribution < 1.29 is 4.74 Å². The largest absolute Gasteiger partial charge is 0.385 e. The van der Waals surface area contributed by atoms with Gasteiger partial charge in [0.05, 0.1) is 11.9 Å². The van der Waals surface area contributed by atoms with Crippen LogP contribution < -0.4 is 10.6 Å². The minimum absolute atomic E-state index is 0.00594. The van der Waals surface area contributed by atoms with Gasteiger partial charge in [0.1, 0.15) is 11.5 Å². The van der Waals surface area contributed by atoms with E-state index in [9.17, 15) is 0 Å². The second kappa shape index (κ2) is 6.07. The predicted molar refractivity (Wildman–Crippen MR) is 65.0 cm³/mol. The summed E-state index contributed by atoms with van der Waals surface area (Å²) in [6, 6.07) is 3.67. The van der Waals surface area contributed by atoms with Gasteiger partial charge in [-0.05, 0) is 18.6 Å². The molecule has 0 aliphatic carbocycles. The number of nitrogen functional groups attached to an aromatic ring is 1. The Morgan fingerprint density at radius 1 is 1.56 bits per heavy atom. The van der Waals surface area contributed by atoms with E-state index in [0.717, 1.165) is 25.3 Å². The van der Waals surface area contributed by atoms with Crippen LogP contribution in [0.2, 0.25) is 0 Å². The highest BCUT2D eigenvalue weighted by atomic mass is 16.5. The summed E-state index contributed by atoms with van der Waals surface area (Å²) in [4.78, 5) is 6.20. The third-order valence-corrected chi connectivity index (χ3v) is 2.31. The monoisotopic (exact) mass is 222 g/mol. The number of hydrogen-bond donors (Lipinski definition) is 2. The van der Waals surface area contributed by atoms with Gasteiger partial charge in [0.15, 0.2) is 0 Å². The molecule has 0 unspecified atom stereocenters. The van der Waals surface area contributed by atoms with Gasteiger partial charge in [-0.2, -0.15) is 0 Å². The van der Waals surface area contributed by atoms with Crippen LogP contribution in [0.5, 0.6) is 0 Å². The Labute approximate surface area is 95.7 Å². The third-order valence-electron chi connectivity index (χ3n) is 2.31. The van der Waals surface area contributed by atoms with E-state index in [4.69, 9.17) is 15.9 Å². The SMILES string of the molecule is COCCCN(C)c1ccc(C(=N)N)nc1. The van der Waals surface area contributed by atoms with Crippen molar-refractivity contribution in [1.29, 1.82) is 5.41 Å². The Kier molecular flexibility index (Phi) is 4.72. The number of aromatic nitrogens is 1. The number of hydrogen-bond acceptors (Lipinski definition) is 4. The summed E-state index contributed by atoms with van der Waals surface area (Å²) in [6.45, 7) is 1.66. The quantitative estimate of drug-likeness (QED) is 0.425. The van der Waals surface area contributed by atoms with Crippen LogP contribution in [0.15, 0.2) is 18.3 Å². The molecule has 1 aromatic heterocycles. The van der Waals surface area contributed by atoms with Gasteiger partial charge >= 0.3 is 0 Å². The van der Waals surface area contributed by atoms with Crippen LogP contribution in [0.25, 0.3) is 0 Å². The molecule has 0 aromatic carbocycles. The first-order valence-electron chi connectivity index (χ1n) is 5.15. The Hall–Kier alpha value is -1.62. The first-order valence-corrected chi connectivity index (χ1v) is 5.15. The predicted octanol–water partition coefficient (Wildman–Crippen LogP) is 0.838. The number of pyridine rings is 1. The van der Waals surface area contributed by atoms with Gasteiger partial charge in [0.25, 0.3) is 0 Å². The molecule has 0 bridgehead atoms. The number of methoxy groups -OCH3 is 1. The molecule has 1 aromatic rings. The molecule has 16 heavy (non-hydrogen) atoms. The molecule has 0 saturated carbocycles. The highest BCUT2D eigenvalue weighted by Crippen LogP contribution is 2.11. The Bertz CT molecular complexity index is 336. The van der Waals surface area contributed by atoms with Crippen LogP contribution in [-0.2, 0) is 4.74 Å². The van der Waals surface area contributed by atoms with Crippen molar-refractivity contribution in [2.45, 2.75) is 6.42 Å². The van der Waals surface area contributed by atoms with Crippen molar-refractivity contribution in [3.8, 4) is 0 Å². The Morgan fingerprint density at radius 2 is 2.31 bits per heavy atom. The molecular weight excluding hydrogens is 204 g/mol. The maximum absolute atomic E-state index is 7.23. The summed E-state index contributed by atoms with van der Waals surface area (Å²) in [6.07, 6.45) is 2.70. The van der Waals surface area contributed by atoms with E-state index in [2.05, 4.69) is 9.88 Å². The molecule has 0 radical (unpaired) electrons. The van der Waals surface area contributed by atoms with Crippen LogP contribution in [0.1, 0.15) is 12.1 Å². The fourth-order valence-corrected chi connectivity index (χ4v) is 1.35. The van der Waals surface area contributed by atoms with Crippen LogP contribution in [-0.4, -0.2) is 38.1 Å². The molecule has 0 fully saturated rings. The molecule has 5 heteroatoms. The highest BCUT2D eigenvalue weighted by Gasteiger charge is 2.02. The zero-order valence-corrected chi connectivity index (χ0v) is 9.73. The molecule has 0 atom stereocenters. The minimum Gasteiger partial charge on any atom is -0.385 e. The topological polar surface area (TPSA) is 75.2 Å². The highest BCUT2D eigenvalue weighted by molar-refractivity contribution is 5.93. The lowest BCUT2D eigenvalue weighted by Crippen LogP contribution is -2.20. The summed E-state index contributed by atoms with van der Waals surface area (Å²) in [5, 5.41) is 7.23. The summed E-state index contributed by atoms with van der Waals surface area (Å²) < 4.78 is 4.99. The molecule has 1 rings (SSSR count). The second-order valence-corrected chi connectivity index (χ2v) is 3.58. The Balaban J connectivity index is 2.56. The molecule has 0 spiro atoms. The summed E-state index contributed by atoms with van der Waals surface area (Å²) >= 11 is 0. The van der Waals surface area contributed by atoms with Crippen molar-refractivity contribution in [1.82, 2.24) is 4.98 Å². The van der Waals surface area contributed by atoms with Crippen molar-refractivity contribution in [3.63, 3.8) is 0 Å². The number of nitrogens with one attached hydrogen (secondary N) is 1. The van der Waals surface area contributed by atoms with Gasteiger partial charge in [-0.1, -0.05) is 0 Å². The number of anilines is 1. The van der Waals surface area contributed by atoms with E-state index in [-0.39, 0.29) is 5.84 Å². The van der Waals surface area contributed by atoms with E-state index in [1.54, 1.807) is 19.4 Å². The fraction of sp³-hybridized carbons (Fsp3) is 0.455. The van der Waals surface area contributed by atoms with Crippen molar-refractivity contribution in [3.05, 3.63) is 24.0 Å². The number of amidine groups is 1. The van der Waals surface area contributed by atoms with Crippen LogP contribution >= 0.6 is 0 Å². The lowest BCUT2D eigenvalue weighted by atomic mass is 10.3. The minimum atomic E-state index is -0.00594. The third kappa shape index (κ3) is 3.51. The maximum Gasteiger partial charge on any atom is 0.141 e. The molecule has 0 saturated heterocycles. The van der Waals surface area contributed by atoms with Crippen LogP contribution in [0, 0.1) is 5.41 Å². The van der Waals surface area contributed by atoms with Gasteiger partial charge in [-0.25, -0.2) is 0 Å². The van der Waals surface area contributed by atoms with E-state index in [1.807, 2.05) is 13.1 Å². The lowest BCUT2D eigenvalue weighted by molar-refractivity contribution is 0.196. The summed E-state index contributed by atoms with van der Waals surface area (Å²) in [7, 11) is 3.70. The first-order chi connectivity index (χ1) is 7.65. The average Bonchev–Trinajstić information content (AvgIpc) is 2.29. The average molecular weight is 222 g/mol. The lowest BCUT2D eigenvalue weighted by Gasteiger charge is -2.18. The van der Waals surface area contributed by atoms with Crippen LogP contribution in [0.3, 0.4) is 0 Å². The van der Waals surface area contributed by atoms with Gasteiger partial charge in [-0.3, -0.25) is 10.4 Å².